The van der Waals surface area contributed by atoms with Gasteiger partial charge in [0, 0.05) is 24.2 Å². The summed E-state index contributed by atoms with van der Waals surface area (Å²) in [7, 11) is 3.09. The lowest BCUT2D eigenvalue weighted by Gasteiger charge is -2.12. The van der Waals surface area contributed by atoms with Crippen LogP contribution in [0.3, 0.4) is 0 Å². The minimum Gasteiger partial charge on any atom is -0.497 e. The van der Waals surface area contributed by atoms with Crippen molar-refractivity contribution >= 4 is 45.8 Å². The van der Waals surface area contributed by atoms with Crippen molar-refractivity contribution in [2.75, 3.05) is 25.7 Å². The summed E-state index contributed by atoms with van der Waals surface area (Å²) in [5.74, 6) is 0.844. The topological polar surface area (TPSA) is 202 Å². The van der Waals surface area contributed by atoms with Crippen LogP contribution in [0.1, 0.15) is 26.3 Å². The summed E-state index contributed by atoms with van der Waals surface area (Å²) in [5, 5.41) is 0. The van der Waals surface area contributed by atoms with E-state index in [1.54, 1.807) is 40.5 Å². The molecule has 5 aromatic rings. The molecule has 0 aliphatic heterocycles. The number of imidazole rings is 2. The molecule has 2 aromatic heterocycles. The van der Waals surface area contributed by atoms with Crippen molar-refractivity contribution in [1.29, 1.82) is 0 Å². The van der Waals surface area contributed by atoms with E-state index in [1.807, 2.05) is 36.4 Å². The quantitative estimate of drug-likeness (QED) is 0.172. The highest BCUT2D eigenvalue weighted by molar-refractivity contribution is 5.99. The lowest BCUT2D eigenvalue weighted by atomic mass is 10.1. The van der Waals surface area contributed by atoms with Gasteiger partial charge in [-0.15, -0.1) is 0 Å². The van der Waals surface area contributed by atoms with Gasteiger partial charge in [-0.05, 0) is 42.0 Å². The van der Waals surface area contributed by atoms with Crippen molar-refractivity contribution < 1.29 is 23.8 Å². The monoisotopic (exact) mass is 570 g/mol. The average Bonchev–Trinajstić information content (AvgIpc) is 3.48. The molecule has 0 saturated carbocycles. The predicted octanol–water partition coefficient (Wildman–Crippen LogP) is 2.60. The van der Waals surface area contributed by atoms with Crippen LogP contribution >= 0.6 is 0 Å². The van der Waals surface area contributed by atoms with Crippen molar-refractivity contribution in [1.82, 2.24) is 19.1 Å². The van der Waals surface area contributed by atoms with Crippen molar-refractivity contribution in [3.63, 3.8) is 0 Å². The molecule has 3 aromatic carbocycles. The van der Waals surface area contributed by atoms with Gasteiger partial charge in [-0.2, -0.15) is 0 Å². The molecule has 0 aliphatic carbocycles. The number of carbonyl (C=O) groups is 2. The Morgan fingerprint density at radius 3 is 1.74 bits per heavy atom. The number of carbonyl (C=O) groups excluding carboxylic acids is 2. The number of allylic oxidation sites excluding steroid dienone is 2. The van der Waals surface area contributed by atoms with Gasteiger partial charge in [0.05, 0.1) is 25.3 Å². The molecule has 216 valence electrons. The van der Waals surface area contributed by atoms with Gasteiger partial charge in [0.25, 0.3) is 0 Å². The van der Waals surface area contributed by atoms with Gasteiger partial charge in [-0.3, -0.25) is 9.59 Å². The molecule has 2 heterocycles. The number of nitrogens with zero attached hydrogens (tertiary/aromatic N) is 4. The zero-order chi connectivity index (χ0) is 30.0. The number of hydrogen-bond acceptors (Lipinski definition) is 9. The van der Waals surface area contributed by atoms with Gasteiger partial charge in [0.15, 0.2) is 0 Å². The maximum Gasteiger partial charge on any atom is 0.248 e. The van der Waals surface area contributed by atoms with Crippen LogP contribution in [0.4, 0.5) is 11.9 Å². The highest BCUT2D eigenvalue weighted by atomic mass is 16.5. The summed E-state index contributed by atoms with van der Waals surface area (Å²) < 4.78 is 20.4. The fourth-order valence-electron chi connectivity index (χ4n) is 4.66. The first-order chi connectivity index (χ1) is 20.2. The zero-order valence-electron chi connectivity index (χ0n) is 23.0. The summed E-state index contributed by atoms with van der Waals surface area (Å²) in [6.45, 7) is 0.926. The molecule has 0 aliphatic rings. The molecule has 0 bridgehead atoms. The molecule has 0 saturated heterocycles. The second kappa shape index (κ2) is 11.4. The van der Waals surface area contributed by atoms with Crippen molar-refractivity contribution in [3.8, 4) is 17.2 Å². The molecule has 0 radical (unpaired) electrons. The number of anilines is 2. The lowest BCUT2D eigenvalue weighted by molar-refractivity contribution is 0.0991. The maximum atomic E-state index is 12.0. The van der Waals surface area contributed by atoms with Crippen LogP contribution in [0, 0.1) is 0 Å². The summed E-state index contributed by atoms with van der Waals surface area (Å²) in [6.07, 6.45) is 3.78. The molecule has 13 nitrogen and oxygen atoms in total. The SMILES string of the molecule is COc1ccc(COc2cc(C(N)=O)cc3nc(N)n(C/C=C/Cn4c(N)nc5cc(C(N)=O)cc(OC)c54)c23)cc1. The molecule has 13 heteroatoms. The zero-order valence-corrected chi connectivity index (χ0v) is 23.0. The second-order valence-electron chi connectivity index (χ2n) is 9.39. The fourth-order valence-corrected chi connectivity index (χ4v) is 4.66. The molecule has 2 amide bonds. The Kier molecular flexibility index (Phi) is 7.56. The van der Waals surface area contributed by atoms with Crippen molar-refractivity contribution in [2.45, 2.75) is 19.7 Å². The average molecular weight is 571 g/mol. The van der Waals surface area contributed by atoms with E-state index < -0.39 is 11.8 Å². The van der Waals surface area contributed by atoms with Gasteiger partial charge in [-0.25, -0.2) is 9.97 Å². The van der Waals surface area contributed by atoms with Crippen molar-refractivity contribution in [3.05, 3.63) is 77.4 Å². The van der Waals surface area contributed by atoms with Crippen molar-refractivity contribution in [2.24, 2.45) is 11.5 Å². The van der Waals surface area contributed by atoms with E-state index in [9.17, 15) is 9.59 Å². The number of hydrogen-bond donors (Lipinski definition) is 4. The summed E-state index contributed by atoms with van der Waals surface area (Å²) >= 11 is 0. The molecule has 5 rings (SSSR count). The van der Waals surface area contributed by atoms with Gasteiger partial charge in [0.2, 0.25) is 23.7 Å². The van der Waals surface area contributed by atoms with Crippen LogP contribution in [0.5, 0.6) is 17.2 Å². The molecule has 0 unspecified atom stereocenters. The molecular weight excluding hydrogens is 540 g/mol. The minimum absolute atomic E-state index is 0.231. The standard InChI is InChI=1S/C29H30N8O5/c1-40-19-7-5-16(6-8-19)15-42-23-14-18(27(31)39)12-21-25(23)37(29(33)35-21)10-4-3-9-36-24-20(34-28(36)32)11-17(26(30)38)13-22(24)41-2/h3-8,11-14H,9-10,15H2,1-2H3,(H2,30,38)(H2,31,39)(H2,32,34)(H2,33,35)/b4-3+. The van der Waals surface area contributed by atoms with E-state index in [1.165, 1.54) is 7.11 Å². The number of amides is 2. The molecule has 42 heavy (non-hydrogen) atoms. The number of rotatable bonds is 11. The lowest BCUT2D eigenvalue weighted by Crippen LogP contribution is -2.11. The van der Waals surface area contributed by atoms with Crippen LogP contribution in [0.15, 0.2) is 60.7 Å². The summed E-state index contributed by atoms with van der Waals surface area (Å²) in [6, 6.07) is 13.7. The van der Waals surface area contributed by atoms with Gasteiger partial charge < -0.3 is 46.3 Å². The molecular formula is C29H30N8O5. The normalized spacial score (nSPS) is 11.4. The number of ether oxygens (including phenoxy) is 3. The predicted molar refractivity (Wildman–Crippen MR) is 158 cm³/mol. The van der Waals surface area contributed by atoms with E-state index in [0.717, 1.165) is 11.3 Å². The van der Waals surface area contributed by atoms with E-state index in [0.29, 0.717) is 46.7 Å². The van der Waals surface area contributed by atoms with Crippen LogP contribution in [-0.2, 0) is 19.7 Å². The third-order valence-electron chi connectivity index (χ3n) is 6.76. The van der Waals surface area contributed by atoms with E-state index in [-0.39, 0.29) is 29.6 Å². The number of nitrogens with two attached hydrogens (primary N) is 4. The summed E-state index contributed by atoms with van der Waals surface area (Å²) in [5.41, 5.74) is 27.1. The first-order valence-electron chi connectivity index (χ1n) is 12.8. The number of primary amides is 2. The second-order valence-corrected chi connectivity index (χ2v) is 9.39. The van der Waals surface area contributed by atoms with Gasteiger partial charge >= 0.3 is 0 Å². The number of aromatic nitrogens is 4. The highest BCUT2D eigenvalue weighted by Crippen LogP contribution is 2.32. The molecule has 8 N–H and O–H groups in total. The maximum absolute atomic E-state index is 12.0. The smallest absolute Gasteiger partial charge is 0.248 e. The number of methoxy groups -OCH3 is 2. The van der Waals surface area contributed by atoms with E-state index in [2.05, 4.69) is 9.97 Å². The first-order valence-corrected chi connectivity index (χ1v) is 12.8. The Morgan fingerprint density at radius 1 is 0.762 bits per heavy atom. The Balaban J connectivity index is 1.43. The Morgan fingerprint density at radius 2 is 1.26 bits per heavy atom. The Bertz CT molecular complexity index is 1840. The van der Waals surface area contributed by atoms with Crippen LogP contribution < -0.4 is 37.1 Å². The van der Waals surface area contributed by atoms with Crippen LogP contribution in [0.2, 0.25) is 0 Å². The van der Waals surface area contributed by atoms with E-state index >= 15 is 0 Å². The molecule has 0 fully saturated rings. The largest absolute Gasteiger partial charge is 0.497 e. The number of benzene rings is 3. The van der Waals surface area contributed by atoms with Gasteiger partial charge in [-0.1, -0.05) is 24.3 Å². The van der Waals surface area contributed by atoms with Crippen LogP contribution in [0.25, 0.3) is 22.1 Å². The molecule has 0 atom stereocenters. The highest BCUT2D eigenvalue weighted by Gasteiger charge is 2.18. The fraction of sp³-hybridized carbons (Fsp3) is 0.172. The number of nitrogen functional groups attached to an aromatic ring is 2. The minimum atomic E-state index is -0.609. The van der Waals surface area contributed by atoms with E-state index in [4.69, 9.17) is 37.1 Å². The number of fused-ring (bicyclic) bond motifs is 2. The Labute approximate surface area is 240 Å². The molecule has 0 spiro atoms. The van der Waals surface area contributed by atoms with Gasteiger partial charge in [0.1, 0.15) is 34.9 Å². The Hall–Kier alpha value is -5.72. The van der Waals surface area contributed by atoms with Crippen LogP contribution in [-0.4, -0.2) is 45.1 Å². The third-order valence-corrected chi connectivity index (χ3v) is 6.76. The first kappa shape index (κ1) is 27.8. The third kappa shape index (κ3) is 5.35. The summed E-state index contributed by atoms with van der Waals surface area (Å²) in [4.78, 5) is 32.5.